The van der Waals surface area contributed by atoms with Crippen LogP contribution in [0, 0.1) is 17.8 Å². The molecule has 0 amide bonds. The highest BCUT2D eigenvalue weighted by atomic mass is 16.6. The summed E-state index contributed by atoms with van der Waals surface area (Å²) in [5.74, 6) is -1.45. The van der Waals surface area contributed by atoms with Crippen molar-refractivity contribution < 1.29 is 24.2 Å². The smallest absolute Gasteiger partial charge is 0.344 e. The van der Waals surface area contributed by atoms with Gasteiger partial charge in [-0.25, -0.2) is 4.79 Å². The molecule has 0 aromatic carbocycles. The molecule has 2 aliphatic rings. The van der Waals surface area contributed by atoms with E-state index in [0.29, 0.717) is 6.42 Å². The van der Waals surface area contributed by atoms with Gasteiger partial charge in [0.1, 0.15) is 5.60 Å². The van der Waals surface area contributed by atoms with Gasteiger partial charge in [-0.3, -0.25) is 4.79 Å². The number of carbonyl (C=O) groups excluding carboxylic acids is 2. The Morgan fingerprint density at radius 1 is 1.32 bits per heavy atom. The highest BCUT2D eigenvalue weighted by Crippen LogP contribution is 2.44. The SMILES string of the molecule is CC(C)(C)OC(=O)COC(=O)C1CC2C=CC1C2O. The lowest BCUT2D eigenvalue weighted by atomic mass is 9.94. The second kappa shape index (κ2) is 4.96. The number of hydrogen-bond donors (Lipinski definition) is 1. The van der Waals surface area contributed by atoms with Crippen molar-refractivity contribution in [3.05, 3.63) is 12.2 Å². The van der Waals surface area contributed by atoms with Gasteiger partial charge in [-0.05, 0) is 27.2 Å². The minimum atomic E-state index is -0.588. The lowest BCUT2D eigenvalue weighted by Gasteiger charge is -2.20. The third kappa shape index (κ3) is 3.15. The normalized spacial score (nSPS) is 32.4. The average molecular weight is 268 g/mol. The summed E-state index contributed by atoms with van der Waals surface area (Å²) < 4.78 is 10.0. The van der Waals surface area contributed by atoms with E-state index >= 15 is 0 Å². The number of ether oxygens (including phenoxy) is 2. The molecule has 5 heteroatoms. The maximum absolute atomic E-state index is 11.9. The molecule has 0 spiro atoms. The summed E-state index contributed by atoms with van der Waals surface area (Å²) in [6.45, 7) is 4.89. The first-order valence-electron chi connectivity index (χ1n) is 6.53. The lowest BCUT2D eigenvalue weighted by molar-refractivity contribution is -0.168. The molecular formula is C14H20O5. The Morgan fingerprint density at radius 3 is 2.47 bits per heavy atom. The summed E-state index contributed by atoms with van der Waals surface area (Å²) in [5.41, 5.74) is -0.588. The Labute approximate surface area is 112 Å². The van der Waals surface area contributed by atoms with Crippen molar-refractivity contribution in [2.75, 3.05) is 6.61 Å². The lowest BCUT2D eigenvalue weighted by Crippen LogP contribution is -2.30. The zero-order valence-electron chi connectivity index (χ0n) is 11.5. The Bertz CT molecular complexity index is 407. The molecule has 106 valence electrons. The monoisotopic (exact) mass is 268 g/mol. The van der Waals surface area contributed by atoms with Crippen molar-refractivity contribution in [1.29, 1.82) is 0 Å². The van der Waals surface area contributed by atoms with Gasteiger partial charge in [-0.15, -0.1) is 0 Å². The topological polar surface area (TPSA) is 72.8 Å². The molecular weight excluding hydrogens is 248 g/mol. The van der Waals surface area contributed by atoms with Crippen LogP contribution >= 0.6 is 0 Å². The molecule has 19 heavy (non-hydrogen) atoms. The Balaban J connectivity index is 1.80. The number of aliphatic hydroxyl groups excluding tert-OH is 1. The molecule has 5 nitrogen and oxygen atoms in total. The maximum atomic E-state index is 11.9. The molecule has 0 aromatic heterocycles. The van der Waals surface area contributed by atoms with Crippen LogP contribution in [0.3, 0.4) is 0 Å². The van der Waals surface area contributed by atoms with Crippen molar-refractivity contribution in [2.45, 2.75) is 38.9 Å². The van der Waals surface area contributed by atoms with Gasteiger partial charge in [0.15, 0.2) is 6.61 Å². The van der Waals surface area contributed by atoms with Crippen LogP contribution in [0.1, 0.15) is 27.2 Å². The van der Waals surface area contributed by atoms with Gasteiger partial charge < -0.3 is 14.6 Å². The van der Waals surface area contributed by atoms with E-state index in [2.05, 4.69) is 0 Å². The predicted molar refractivity (Wildman–Crippen MR) is 67.0 cm³/mol. The molecule has 2 rings (SSSR count). The van der Waals surface area contributed by atoms with E-state index in [-0.39, 0.29) is 24.4 Å². The molecule has 4 atom stereocenters. The Morgan fingerprint density at radius 2 is 2.00 bits per heavy atom. The summed E-state index contributed by atoms with van der Waals surface area (Å²) in [6.07, 6.45) is 3.90. The third-order valence-corrected chi connectivity index (χ3v) is 3.46. The largest absolute Gasteiger partial charge is 0.457 e. The van der Waals surface area contributed by atoms with Crippen LogP contribution in [-0.4, -0.2) is 35.4 Å². The van der Waals surface area contributed by atoms with Gasteiger partial charge in [-0.2, -0.15) is 0 Å². The number of fused-ring (bicyclic) bond motifs is 2. The van der Waals surface area contributed by atoms with Crippen molar-refractivity contribution in [3.63, 3.8) is 0 Å². The fourth-order valence-electron chi connectivity index (χ4n) is 2.69. The Kier molecular flexibility index (Phi) is 3.67. The van der Waals surface area contributed by atoms with Gasteiger partial charge in [0.25, 0.3) is 0 Å². The molecule has 0 aliphatic heterocycles. The number of aliphatic hydroxyl groups is 1. The number of esters is 2. The van der Waals surface area contributed by atoms with E-state index in [0.717, 1.165) is 0 Å². The predicted octanol–water partition coefficient (Wildman–Crippen LogP) is 1.05. The van der Waals surface area contributed by atoms with E-state index in [4.69, 9.17) is 9.47 Å². The van der Waals surface area contributed by atoms with Crippen LogP contribution in [0.15, 0.2) is 12.2 Å². The summed E-state index contributed by atoms with van der Waals surface area (Å²) >= 11 is 0. The molecule has 0 radical (unpaired) electrons. The van der Waals surface area contributed by atoms with Crippen molar-refractivity contribution in [1.82, 2.24) is 0 Å². The second-order valence-corrected chi connectivity index (χ2v) is 6.15. The third-order valence-electron chi connectivity index (χ3n) is 3.46. The maximum Gasteiger partial charge on any atom is 0.344 e. The second-order valence-electron chi connectivity index (χ2n) is 6.15. The highest BCUT2D eigenvalue weighted by Gasteiger charge is 2.47. The molecule has 1 N–H and O–H groups in total. The zero-order valence-corrected chi connectivity index (χ0v) is 11.5. The molecule has 2 bridgehead atoms. The van der Waals surface area contributed by atoms with E-state index in [1.54, 1.807) is 20.8 Å². The van der Waals surface area contributed by atoms with Crippen molar-refractivity contribution >= 4 is 11.9 Å². The molecule has 0 aromatic rings. The first-order valence-corrected chi connectivity index (χ1v) is 6.53. The van der Waals surface area contributed by atoms with Crippen LogP contribution < -0.4 is 0 Å². The summed E-state index contributed by atoms with van der Waals surface area (Å²) in [6, 6.07) is 0. The quantitative estimate of drug-likeness (QED) is 0.612. The van der Waals surface area contributed by atoms with Crippen molar-refractivity contribution in [3.8, 4) is 0 Å². The molecule has 1 saturated carbocycles. The molecule has 2 aliphatic carbocycles. The van der Waals surface area contributed by atoms with E-state index in [1.165, 1.54) is 0 Å². The van der Waals surface area contributed by atoms with E-state index < -0.39 is 23.6 Å². The van der Waals surface area contributed by atoms with Crippen LogP contribution in [0.25, 0.3) is 0 Å². The van der Waals surface area contributed by atoms with Gasteiger partial charge >= 0.3 is 11.9 Å². The average Bonchev–Trinajstić information content (AvgIpc) is 2.80. The van der Waals surface area contributed by atoms with Gasteiger partial charge in [0, 0.05) is 11.8 Å². The van der Waals surface area contributed by atoms with Crippen LogP contribution in [-0.2, 0) is 19.1 Å². The molecule has 1 fully saturated rings. The number of carbonyl (C=O) groups is 2. The first-order chi connectivity index (χ1) is 8.78. The molecule has 4 unspecified atom stereocenters. The Hall–Kier alpha value is -1.36. The van der Waals surface area contributed by atoms with Crippen LogP contribution in [0.5, 0.6) is 0 Å². The van der Waals surface area contributed by atoms with E-state index in [9.17, 15) is 14.7 Å². The standard InChI is InChI=1S/C14H20O5/c1-14(2,3)19-11(15)7-18-13(17)10-6-8-4-5-9(10)12(8)16/h4-5,8-10,12,16H,6-7H2,1-3H3. The summed E-state index contributed by atoms with van der Waals surface area (Å²) in [4.78, 5) is 23.3. The van der Waals surface area contributed by atoms with Crippen LogP contribution in [0.4, 0.5) is 0 Å². The molecule has 0 heterocycles. The van der Waals surface area contributed by atoms with Crippen molar-refractivity contribution in [2.24, 2.45) is 17.8 Å². The van der Waals surface area contributed by atoms with E-state index in [1.807, 2.05) is 12.2 Å². The summed E-state index contributed by atoms with van der Waals surface area (Å²) in [5, 5.41) is 9.82. The van der Waals surface area contributed by atoms with Gasteiger partial charge in [0.05, 0.1) is 12.0 Å². The minimum absolute atomic E-state index is 0.0454. The van der Waals surface area contributed by atoms with Gasteiger partial charge in [0.2, 0.25) is 0 Å². The molecule has 0 saturated heterocycles. The zero-order chi connectivity index (χ0) is 14.2. The summed E-state index contributed by atoms with van der Waals surface area (Å²) in [7, 11) is 0. The fraction of sp³-hybridized carbons (Fsp3) is 0.714. The van der Waals surface area contributed by atoms with Gasteiger partial charge in [-0.1, -0.05) is 12.2 Å². The highest BCUT2D eigenvalue weighted by molar-refractivity contribution is 5.79. The first kappa shape index (κ1) is 14.1. The fourth-order valence-corrected chi connectivity index (χ4v) is 2.69. The number of hydrogen-bond acceptors (Lipinski definition) is 5. The number of rotatable bonds is 3. The minimum Gasteiger partial charge on any atom is -0.457 e. The van der Waals surface area contributed by atoms with Crippen LogP contribution in [0.2, 0.25) is 0 Å².